The molecule has 0 radical (unpaired) electrons. The molecule has 0 aromatic heterocycles. The number of aliphatic hydroxyl groups excluding tert-OH is 1. The van der Waals surface area contributed by atoms with Crippen LogP contribution in [0.1, 0.15) is 42.7 Å². The molecule has 4 rings (SSSR count). The topological polar surface area (TPSA) is 49.7 Å². The molecular formula is C21H24O3. The number of hydrogen-bond acceptors (Lipinski definition) is 3. The van der Waals surface area contributed by atoms with E-state index in [1.165, 1.54) is 11.1 Å². The maximum Gasteiger partial charge on any atom is 0.122 e. The summed E-state index contributed by atoms with van der Waals surface area (Å²) in [6.45, 7) is 0. The highest BCUT2D eigenvalue weighted by atomic mass is 16.5. The Hall–Kier alpha value is -2.00. The first-order valence-electron chi connectivity index (χ1n) is 8.94. The van der Waals surface area contributed by atoms with Gasteiger partial charge in [0, 0.05) is 5.92 Å². The minimum atomic E-state index is -0.326. The fraction of sp³-hybridized carbons (Fsp3) is 0.429. The molecule has 2 aromatic rings. The van der Waals surface area contributed by atoms with Gasteiger partial charge in [-0.2, -0.15) is 0 Å². The summed E-state index contributed by atoms with van der Waals surface area (Å²) < 4.78 is 6.31. The maximum atomic E-state index is 10.7. The van der Waals surface area contributed by atoms with Gasteiger partial charge in [-0.1, -0.05) is 36.8 Å². The second-order valence-corrected chi connectivity index (χ2v) is 7.08. The number of benzene rings is 2. The molecule has 0 saturated heterocycles. The molecule has 0 bridgehead atoms. The Kier molecular flexibility index (Phi) is 4.19. The van der Waals surface area contributed by atoms with Crippen LogP contribution in [-0.2, 0) is 6.42 Å². The fourth-order valence-electron chi connectivity index (χ4n) is 4.43. The molecule has 1 aliphatic heterocycles. The number of phenolic OH excluding ortho intramolecular Hbond substituents is 1. The van der Waals surface area contributed by atoms with Crippen LogP contribution in [0.4, 0.5) is 0 Å². The molecule has 2 aromatic carbocycles. The average molecular weight is 324 g/mol. The first kappa shape index (κ1) is 15.5. The van der Waals surface area contributed by atoms with Crippen molar-refractivity contribution in [3.05, 3.63) is 59.7 Å². The molecule has 1 heterocycles. The van der Waals surface area contributed by atoms with E-state index in [0.29, 0.717) is 0 Å². The third-order valence-corrected chi connectivity index (χ3v) is 5.62. The SMILES string of the molecule is Oc1ccc(C2CCCC(O)C2[C@@H]2CCc3ccccc3O2)cc1. The zero-order chi connectivity index (χ0) is 16.5. The van der Waals surface area contributed by atoms with E-state index >= 15 is 0 Å². The molecule has 3 unspecified atom stereocenters. The highest BCUT2D eigenvalue weighted by molar-refractivity contribution is 5.36. The Balaban J connectivity index is 1.62. The standard InChI is InChI=1S/C21H24O3/c22-16-11-8-14(9-12-16)17-5-3-6-18(23)21(17)20-13-10-15-4-1-2-7-19(15)24-20/h1-2,4,7-9,11-12,17-18,20-23H,3,5-6,10,13H2/t17?,18?,20-,21?/m0/s1. The van der Waals surface area contributed by atoms with E-state index < -0.39 is 0 Å². The number of aryl methyl sites for hydroxylation is 1. The third kappa shape index (κ3) is 2.89. The lowest BCUT2D eigenvalue weighted by Crippen LogP contribution is -2.43. The average Bonchev–Trinajstić information content (AvgIpc) is 2.62. The first-order valence-corrected chi connectivity index (χ1v) is 8.94. The van der Waals surface area contributed by atoms with Gasteiger partial charge in [-0.15, -0.1) is 0 Å². The molecule has 4 atom stereocenters. The highest BCUT2D eigenvalue weighted by Gasteiger charge is 2.41. The highest BCUT2D eigenvalue weighted by Crippen LogP contribution is 2.44. The van der Waals surface area contributed by atoms with Crippen LogP contribution in [0.2, 0.25) is 0 Å². The summed E-state index contributed by atoms with van der Waals surface area (Å²) in [5.41, 5.74) is 2.46. The monoisotopic (exact) mass is 324 g/mol. The van der Waals surface area contributed by atoms with Crippen molar-refractivity contribution in [2.24, 2.45) is 5.92 Å². The number of rotatable bonds is 2. The zero-order valence-electron chi connectivity index (χ0n) is 13.8. The van der Waals surface area contributed by atoms with Crippen LogP contribution in [0.3, 0.4) is 0 Å². The molecule has 3 heteroatoms. The van der Waals surface area contributed by atoms with Gasteiger partial charge in [0.05, 0.1) is 6.10 Å². The van der Waals surface area contributed by atoms with Crippen LogP contribution in [-0.4, -0.2) is 22.4 Å². The molecular weight excluding hydrogens is 300 g/mol. The van der Waals surface area contributed by atoms with Crippen LogP contribution in [0.25, 0.3) is 0 Å². The van der Waals surface area contributed by atoms with Crippen molar-refractivity contribution in [1.29, 1.82) is 0 Å². The smallest absolute Gasteiger partial charge is 0.122 e. The number of phenols is 1. The number of aliphatic hydroxyl groups is 1. The van der Waals surface area contributed by atoms with Crippen LogP contribution in [0.5, 0.6) is 11.5 Å². The lowest BCUT2D eigenvalue weighted by molar-refractivity contribution is -0.0210. The third-order valence-electron chi connectivity index (χ3n) is 5.62. The van der Waals surface area contributed by atoms with Crippen molar-refractivity contribution in [2.45, 2.75) is 50.2 Å². The quantitative estimate of drug-likeness (QED) is 0.877. The normalized spacial score (nSPS) is 29.5. The number of para-hydroxylation sites is 1. The molecule has 2 aliphatic rings. The molecule has 2 N–H and O–H groups in total. The zero-order valence-corrected chi connectivity index (χ0v) is 13.8. The minimum absolute atomic E-state index is 0.0500. The number of ether oxygens (including phenoxy) is 1. The van der Waals surface area contributed by atoms with Crippen molar-refractivity contribution in [3.63, 3.8) is 0 Å². The Bertz CT molecular complexity index is 694. The lowest BCUT2D eigenvalue weighted by Gasteiger charge is -2.42. The van der Waals surface area contributed by atoms with Gasteiger partial charge in [0.2, 0.25) is 0 Å². The van der Waals surface area contributed by atoms with E-state index in [1.807, 2.05) is 24.3 Å². The summed E-state index contributed by atoms with van der Waals surface area (Å²) in [5, 5.41) is 20.3. The van der Waals surface area contributed by atoms with Crippen molar-refractivity contribution in [2.75, 3.05) is 0 Å². The summed E-state index contributed by atoms with van der Waals surface area (Å²) in [4.78, 5) is 0. The van der Waals surface area contributed by atoms with Gasteiger partial charge in [-0.25, -0.2) is 0 Å². The molecule has 126 valence electrons. The summed E-state index contributed by atoms with van der Waals surface area (Å²) in [7, 11) is 0. The van der Waals surface area contributed by atoms with E-state index in [2.05, 4.69) is 12.1 Å². The Morgan fingerprint density at radius 3 is 2.54 bits per heavy atom. The van der Waals surface area contributed by atoms with E-state index in [0.717, 1.165) is 37.9 Å². The predicted octanol–water partition coefficient (Wildman–Crippen LogP) is 4.03. The number of fused-ring (bicyclic) bond motifs is 1. The molecule has 24 heavy (non-hydrogen) atoms. The predicted molar refractivity (Wildman–Crippen MR) is 93.4 cm³/mol. The van der Waals surface area contributed by atoms with E-state index in [4.69, 9.17) is 4.74 Å². The van der Waals surface area contributed by atoms with E-state index in [9.17, 15) is 10.2 Å². The van der Waals surface area contributed by atoms with Gasteiger partial charge in [0.25, 0.3) is 0 Å². The minimum Gasteiger partial charge on any atom is -0.508 e. The molecule has 0 spiro atoms. The molecule has 1 aliphatic carbocycles. The summed E-state index contributed by atoms with van der Waals surface area (Å²) in [6, 6.07) is 15.7. The summed E-state index contributed by atoms with van der Waals surface area (Å²) >= 11 is 0. The largest absolute Gasteiger partial charge is 0.508 e. The van der Waals surface area contributed by atoms with Crippen molar-refractivity contribution >= 4 is 0 Å². The lowest BCUT2D eigenvalue weighted by atomic mass is 9.70. The second-order valence-electron chi connectivity index (χ2n) is 7.08. The van der Waals surface area contributed by atoms with Crippen LogP contribution in [0.15, 0.2) is 48.5 Å². The van der Waals surface area contributed by atoms with Crippen molar-refractivity contribution in [1.82, 2.24) is 0 Å². The second kappa shape index (κ2) is 6.48. The van der Waals surface area contributed by atoms with Gasteiger partial charge < -0.3 is 14.9 Å². The van der Waals surface area contributed by atoms with Gasteiger partial charge in [0.15, 0.2) is 0 Å². The summed E-state index contributed by atoms with van der Waals surface area (Å²) in [6.07, 6.45) is 4.63. The molecule has 1 fully saturated rings. The molecule has 1 saturated carbocycles. The summed E-state index contributed by atoms with van der Waals surface area (Å²) in [5.74, 6) is 1.65. The van der Waals surface area contributed by atoms with Crippen molar-refractivity contribution in [3.8, 4) is 11.5 Å². The van der Waals surface area contributed by atoms with Gasteiger partial charge in [-0.3, -0.25) is 0 Å². The van der Waals surface area contributed by atoms with Gasteiger partial charge in [-0.05, 0) is 60.9 Å². The van der Waals surface area contributed by atoms with Crippen LogP contribution < -0.4 is 4.74 Å². The van der Waals surface area contributed by atoms with Crippen molar-refractivity contribution < 1.29 is 14.9 Å². The van der Waals surface area contributed by atoms with Crippen LogP contribution >= 0.6 is 0 Å². The fourth-order valence-corrected chi connectivity index (χ4v) is 4.43. The number of hydrogen-bond donors (Lipinski definition) is 2. The van der Waals surface area contributed by atoms with E-state index in [1.54, 1.807) is 12.1 Å². The maximum absolute atomic E-state index is 10.7. The number of aromatic hydroxyl groups is 1. The Morgan fingerprint density at radius 1 is 0.917 bits per heavy atom. The van der Waals surface area contributed by atoms with Gasteiger partial charge in [0.1, 0.15) is 17.6 Å². The van der Waals surface area contributed by atoms with Gasteiger partial charge >= 0.3 is 0 Å². The van der Waals surface area contributed by atoms with E-state index in [-0.39, 0.29) is 29.8 Å². The van der Waals surface area contributed by atoms with Crippen LogP contribution in [0, 0.1) is 5.92 Å². The Morgan fingerprint density at radius 2 is 1.71 bits per heavy atom. The Labute approximate surface area is 142 Å². The molecule has 3 nitrogen and oxygen atoms in total. The first-order chi connectivity index (χ1) is 11.7. The molecule has 0 amide bonds.